The quantitative estimate of drug-likeness (QED) is 0.758. The van der Waals surface area contributed by atoms with Gasteiger partial charge in [-0.15, -0.1) is 0 Å². The topological polar surface area (TPSA) is 79.9 Å². The van der Waals surface area contributed by atoms with E-state index < -0.39 is 11.4 Å². The maximum Gasteiger partial charge on any atom is 0.444 e. The third-order valence-corrected chi connectivity index (χ3v) is 5.09. The van der Waals surface area contributed by atoms with Gasteiger partial charge >= 0.3 is 11.4 Å². The molecule has 1 heterocycles. The van der Waals surface area contributed by atoms with Crippen LogP contribution in [0.25, 0.3) is 11.1 Å². The molecule has 1 unspecified atom stereocenters. The third-order valence-electron chi connectivity index (χ3n) is 4.11. The number of benzene rings is 2. The molecule has 1 aliphatic carbocycles. The van der Waals surface area contributed by atoms with Crippen molar-refractivity contribution in [1.82, 2.24) is 9.97 Å². The van der Waals surface area contributed by atoms with Gasteiger partial charge in [-0.2, -0.15) is 4.98 Å². The largest absolute Gasteiger partial charge is 0.444 e. The van der Waals surface area contributed by atoms with Crippen molar-refractivity contribution in [2.45, 2.75) is 22.9 Å². The zero-order valence-electron chi connectivity index (χ0n) is 12.3. The number of fused-ring (bicyclic) bond motifs is 3. The standard InChI is InChI=1S/C17H13N3O2S/c1-9-10-5-2-3-6-11(10)12-7-4-8-13(14(9)12)23-17-19-15(21)18-16(22)20-17/h2-9H,1H3,(H2,18,19,20,21,22)/p+1. The monoisotopic (exact) mass is 324 g/mol. The summed E-state index contributed by atoms with van der Waals surface area (Å²) in [4.78, 5) is 31.3. The van der Waals surface area contributed by atoms with E-state index >= 15 is 0 Å². The first-order valence-electron chi connectivity index (χ1n) is 7.29. The highest BCUT2D eigenvalue weighted by Crippen LogP contribution is 2.48. The SMILES string of the molecule is CC1c2ccccc2-c2cccc(Sc3[nH]c(=O)[nH]c(=O)[nH+]3)c21. The summed E-state index contributed by atoms with van der Waals surface area (Å²) in [6.45, 7) is 2.18. The van der Waals surface area contributed by atoms with Crippen LogP contribution >= 0.6 is 11.8 Å². The van der Waals surface area contributed by atoms with E-state index in [1.807, 2.05) is 18.2 Å². The van der Waals surface area contributed by atoms with Crippen molar-refractivity contribution in [3.05, 3.63) is 74.6 Å². The van der Waals surface area contributed by atoms with Gasteiger partial charge in [0.05, 0.1) is 0 Å². The first-order chi connectivity index (χ1) is 11.1. The number of nitrogens with one attached hydrogen (secondary N) is 3. The predicted molar refractivity (Wildman–Crippen MR) is 87.8 cm³/mol. The van der Waals surface area contributed by atoms with Gasteiger partial charge in [0.15, 0.2) is 0 Å². The molecule has 0 amide bonds. The van der Waals surface area contributed by atoms with Gasteiger partial charge < -0.3 is 0 Å². The third kappa shape index (κ3) is 2.31. The van der Waals surface area contributed by atoms with E-state index in [1.54, 1.807) is 0 Å². The Hall–Kier alpha value is -2.60. The molecule has 4 rings (SSSR count). The van der Waals surface area contributed by atoms with Gasteiger partial charge in [-0.05, 0) is 40.1 Å². The molecular formula is C17H14N3O2S+. The first-order valence-corrected chi connectivity index (χ1v) is 8.11. The van der Waals surface area contributed by atoms with Gasteiger partial charge in [-0.25, -0.2) is 19.6 Å². The zero-order valence-corrected chi connectivity index (χ0v) is 13.2. The summed E-state index contributed by atoms with van der Waals surface area (Å²) in [5, 5.41) is 0.426. The van der Waals surface area contributed by atoms with E-state index in [0.717, 1.165) is 4.90 Å². The Bertz CT molecular complexity index is 994. The molecule has 1 aromatic heterocycles. The number of aromatic amines is 3. The van der Waals surface area contributed by atoms with Gasteiger partial charge in [-0.1, -0.05) is 43.3 Å². The minimum atomic E-state index is -0.514. The molecule has 0 fully saturated rings. The molecule has 114 valence electrons. The van der Waals surface area contributed by atoms with Crippen LogP contribution in [0.4, 0.5) is 0 Å². The molecule has 1 atom stereocenters. The van der Waals surface area contributed by atoms with Crippen molar-refractivity contribution in [2.75, 3.05) is 0 Å². The second-order valence-electron chi connectivity index (χ2n) is 5.49. The lowest BCUT2D eigenvalue weighted by Gasteiger charge is -2.10. The molecule has 6 heteroatoms. The van der Waals surface area contributed by atoms with E-state index in [9.17, 15) is 9.59 Å². The van der Waals surface area contributed by atoms with Crippen LogP contribution in [0.15, 0.2) is 62.1 Å². The van der Waals surface area contributed by atoms with Gasteiger partial charge in [0.2, 0.25) is 0 Å². The van der Waals surface area contributed by atoms with E-state index in [0.29, 0.717) is 5.16 Å². The van der Waals surface area contributed by atoms with Crippen LogP contribution in [0.5, 0.6) is 0 Å². The number of hydrogen-bond donors (Lipinski definition) is 2. The van der Waals surface area contributed by atoms with Crippen LogP contribution in [0.3, 0.4) is 0 Å². The van der Waals surface area contributed by atoms with Crippen LogP contribution in [0, 0.1) is 0 Å². The van der Waals surface area contributed by atoms with Crippen LogP contribution in [-0.4, -0.2) is 9.97 Å². The Labute approximate surface area is 135 Å². The Balaban J connectivity index is 1.84. The van der Waals surface area contributed by atoms with Crippen molar-refractivity contribution >= 4 is 11.8 Å². The summed E-state index contributed by atoms with van der Waals surface area (Å²) in [6.07, 6.45) is 0. The van der Waals surface area contributed by atoms with Gasteiger partial charge in [-0.3, -0.25) is 0 Å². The van der Waals surface area contributed by atoms with Crippen LogP contribution in [0.2, 0.25) is 0 Å². The molecule has 0 saturated heterocycles. The minimum Gasteiger partial charge on any atom is -0.212 e. The Morgan fingerprint density at radius 3 is 2.61 bits per heavy atom. The van der Waals surface area contributed by atoms with Gasteiger partial charge in [0.1, 0.15) is 0 Å². The number of aromatic nitrogens is 3. The maximum atomic E-state index is 11.4. The van der Waals surface area contributed by atoms with E-state index in [4.69, 9.17) is 0 Å². The number of hydrogen-bond acceptors (Lipinski definition) is 3. The van der Waals surface area contributed by atoms with Crippen molar-refractivity contribution in [3.63, 3.8) is 0 Å². The number of rotatable bonds is 2. The molecule has 3 N–H and O–H groups in total. The lowest BCUT2D eigenvalue weighted by molar-refractivity contribution is -0.457. The van der Waals surface area contributed by atoms with Crippen molar-refractivity contribution in [2.24, 2.45) is 0 Å². The summed E-state index contributed by atoms with van der Waals surface area (Å²) in [6, 6.07) is 14.5. The number of H-pyrrole nitrogens is 3. The fourth-order valence-corrected chi connectivity index (χ4v) is 4.20. The maximum absolute atomic E-state index is 11.4. The van der Waals surface area contributed by atoms with Crippen LogP contribution in [0.1, 0.15) is 24.0 Å². The molecule has 1 aliphatic rings. The first kappa shape index (κ1) is 14.0. The van der Waals surface area contributed by atoms with E-state index in [2.05, 4.69) is 46.1 Å². The van der Waals surface area contributed by atoms with Crippen molar-refractivity contribution in [1.29, 1.82) is 0 Å². The average molecular weight is 324 g/mol. The van der Waals surface area contributed by atoms with Gasteiger partial charge in [0.25, 0.3) is 5.16 Å². The predicted octanol–water partition coefficient (Wildman–Crippen LogP) is 2.16. The molecule has 0 bridgehead atoms. The molecule has 2 aromatic carbocycles. The fraction of sp³-hybridized carbons (Fsp3) is 0.118. The normalized spacial score (nSPS) is 15.3. The highest BCUT2D eigenvalue weighted by Gasteiger charge is 2.28. The lowest BCUT2D eigenvalue weighted by atomic mass is 9.99. The smallest absolute Gasteiger partial charge is 0.212 e. The van der Waals surface area contributed by atoms with Gasteiger partial charge in [0, 0.05) is 10.8 Å². The summed E-state index contributed by atoms with van der Waals surface area (Å²) < 4.78 is 0. The molecular weight excluding hydrogens is 310 g/mol. The average Bonchev–Trinajstić information content (AvgIpc) is 2.81. The summed E-state index contributed by atoms with van der Waals surface area (Å²) in [5.74, 6) is 0.276. The summed E-state index contributed by atoms with van der Waals surface area (Å²) >= 11 is 1.36. The molecule has 0 aliphatic heterocycles. The van der Waals surface area contributed by atoms with Crippen LogP contribution in [-0.2, 0) is 0 Å². The molecule has 0 saturated carbocycles. The molecule has 0 spiro atoms. The zero-order chi connectivity index (χ0) is 16.0. The van der Waals surface area contributed by atoms with E-state index in [1.165, 1.54) is 34.0 Å². The fourth-order valence-electron chi connectivity index (χ4n) is 3.15. The molecule has 5 nitrogen and oxygen atoms in total. The Morgan fingerprint density at radius 2 is 1.78 bits per heavy atom. The van der Waals surface area contributed by atoms with Crippen LogP contribution < -0.4 is 16.4 Å². The Kier molecular flexibility index (Phi) is 3.20. The highest BCUT2D eigenvalue weighted by molar-refractivity contribution is 7.99. The highest BCUT2D eigenvalue weighted by atomic mass is 32.2. The summed E-state index contributed by atoms with van der Waals surface area (Å²) in [5.41, 5.74) is 3.97. The van der Waals surface area contributed by atoms with Crippen molar-refractivity contribution in [3.8, 4) is 11.1 Å². The minimum absolute atomic E-state index is 0.276. The van der Waals surface area contributed by atoms with Crippen molar-refractivity contribution < 1.29 is 4.98 Å². The lowest BCUT2D eigenvalue weighted by Crippen LogP contribution is -2.39. The molecule has 3 aromatic rings. The Morgan fingerprint density at radius 1 is 1.00 bits per heavy atom. The second kappa shape index (κ2) is 5.24. The summed E-state index contributed by atoms with van der Waals surface area (Å²) in [7, 11) is 0. The molecule has 23 heavy (non-hydrogen) atoms. The second-order valence-corrected chi connectivity index (χ2v) is 6.54. The van der Waals surface area contributed by atoms with E-state index in [-0.39, 0.29) is 5.92 Å². The molecule has 0 radical (unpaired) electrons.